The van der Waals surface area contributed by atoms with Gasteiger partial charge in [0.1, 0.15) is 10.7 Å². The Morgan fingerprint density at radius 1 is 1.60 bits per heavy atom. The summed E-state index contributed by atoms with van der Waals surface area (Å²) in [4.78, 5) is 9.76. The summed E-state index contributed by atoms with van der Waals surface area (Å²) < 4.78 is 4.94. The fourth-order valence-corrected chi connectivity index (χ4v) is 1.01. The van der Waals surface area contributed by atoms with Gasteiger partial charge in [-0.25, -0.2) is 0 Å². The van der Waals surface area contributed by atoms with Crippen LogP contribution in [0.4, 0.5) is 5.88 Å². The molecule has 1 heterocycles. The van der Waals surface area contributed by atoms with Crippen LogP contribution in [0.2, 0.25) is 0 Å². The predicted molar refractivity (Wildman–Crippen MR) is 57.5 cm³/mol. The maximum Gasteiger partial charge on any atom is 0.433 e. The van der Waals surface area contributed by atoms with Gasteiger partial charge in [0, 0.05) is 12.6 Å². The quantitative estimate of drug-likeness (QED) is 0.597. The SMILES string of the molecule is CC(C)NCC=Cc1ccc([N+](=O)[O-])o1. The van der Waals surface area contributed by atoms with Crippen LogP contribution in [0.3, 0.4) is 0 Å². The Balaban J connectivity index is 2.46. The Morgan fingerprint density at radius 3 is 2.87 bits per heavy atom. The molecule has 0 aliphatic rings. The lowest BCUT2D eigenvalue weighted by atomic mass is 10.3. The molecule has 1 aromatic heterocycles. The van der Waals surface area contributed by atoms with Gasteiger partial charge >= 0.3 is 5.88 Å². The second-order valence-corrected chi connectivity index (χ2v) is 3.40. The molecule has 0 saturated carbocycles. The van der Waals surface area contributed by atoms with Crippen molar-refractivity contribution >= 4 is 12.0 Å². The van der Waals surface area contributed by atoms with E-state index in [2.05, 4.69) is 5.32 Å². The lowest BCUT2D eigenvalue weighted by molar-refractivity contribution is -0.402. The zero-order valence-electron chi connectivity index (χ0n) is 8.77. The molecule has 82 valence electrons. The summed E-state index contributed by atoms with van der Waals surface area (Å²) in [5.41, 5.74) is 0. The van der Waals surface area contributed by atoms with Gasteiger partial charge in [-0.05, 0) is 12.1 Å². The molecule has 1 aromatic rings. The van der Waals surface area contributed by atoms with E-state index < -0.39 is 4.92 Å². The Hall–Kier alpha value is -1.62. The predicted octanol–water partition coefficient (Wildman–Crippen LogP) is 2.20. The molecule has 0 spiro atoms. The van der Waals surface area contributed by atoms with Gasteiger partial charge in [-0.1, -0.05) is 19.9 Å². The smallest absolute Gasteiger partial charge is 0.401 e. The summed E-state index contributed by atoms with van der Waals surface area (Å²) in [6, 6.07) is 3.33. The Morgan fingerprint density at radius 2 is 2.33 bits per heavy atom. The third-order valence-electron chi connectivity index (χ3n) is 1.72. The summed E-state index contributed by atoms with van der Waals surface area (Å²) in [7, 11) is 0. The minimum atomic E-state index is -0.552. The number of furan rings is 1. The highest BCUT2D eigenvalue weighted by atomic mass is 16.6. The van der Waals surface area contributed by atoms with Crippen LogP contribution in [0.25, 0.3) is 6.08 Å². The lowest BCUT2D eigenvalue weighted by Gasteiger charge is -2.02. The second-order valence-electron chi connectivity index (χ2n) is 3.40. The summed E-state index contributed by atoms with van der Waals surface area (Å²) in [6.45, 7) is 4.81. The first-order valence-corrected chi connectivity index (χ1v) is 4.73. The maximum atomic E-state index is 10.3. The van der Waals surface area contributed by atoms with E-state index >= 15 is 0 Å². The van der Waals surface area contributed by atoms with Crippen molar-refractivity contribution in [1.29, 1.82) is 0 Å². The van der Waals surface area contributed by atoms with Crippen molar-refractivity contribution in [2.45, 2.75) is 19.9 Å². The first-order valence-electron chi connectivity index (χ1n) is 4.73. The van der Waals surface area contributed by atoms with E-state index in [1.165, 1.54) is 6.07 Å². The number of nitrogens with zero attached hydrogens (tertiary/aromatic N) is 1. The van der Waals surface area contributed by atoms with Gasteiger partial charge in [0.25, 0.3) is 0 Å². The second kappa shape index (κ2) is 5.31. The summed E-state index contributed by atoms with van der Waals surface area (Å²) >= 11 is 0. The third kappa shape index (κ3) is 3.95. The van der Waals surface area contributed by atoms with Gasteiger partial charge < -0.3 is 9.73 Å². The number of hydrogen-bond donors (Lipinski definition) is 1. The molecule has 15 heavy (non-hydrogen) atoms. The fraction of sp³-hybridized carbons (Fsp3) is 0.400. The molecule has 0 fully saturated rings. The molecule has 1 N–H and O–H groups in total. The molecule has 0 aliphatic carbocycles. The maximum absolute atomic E-state index is 10.3. The lowest BCUT2D eigenvalue weighted by Crippen LogP contribution is -2.22. The average Bonchev–Trinajstić information content (AvgIpc) is 2.60. The van der Waals surface area contributed by atoms with Crippen molar-refractivity contribution in [1.82, 2.24) is 5.32 Å². The number of rotatable bonds is 5. The largest absolute Gasteiger partial charge is 0.433 e. The highest BCUT2D eigenvalue weighted by molar-refractivity contribution is 5.44. The zero-order valence-corrected chi connectivity index (χ0v) is 8.77. The van der Waals surface area contributed by atoms with Crippen molar-refractivity contribution in [2.75, 3.05) is 6.54 Å². The van der Waals surface area contributed by atoms with Gasteiger partial charge in [0.2, 0.25) is 0 Å². The molecular formula is C10H14N2O3. The van der Waals surface area contributed by atoms with Crippen LogP contribution < -0.4 is 5.32 Å². The molecule has 0 saturated heterocycles. The van der Waals surface area contributed by atoms with E-state index in [4.69, 9.17) is 4.42 Å². The van der Waals surface area contributed by atoms with Gasteiger partial charge in [-0.15, -0.1) is 0 Å². The molecule has 0 unspecified atom stereocenters. The monoisotopic (exact) mass is 210 g/mol. The molecule has 0 radical (unpaired) electrons. The first-order chi connectivity index (χ1) is 7.09. The van der Waals surface area contributed by atoms with Crippen LogP contribution in [-0.4, -0.2) is 17.5 Å². The third-order valence-corrected chi connectivity index (χ3v) is 1.72. The van der Waals surface area contributed by atoms with E-state index in [1.807, 2.05) is 19.9 Å². The van der Waals surface area contributed by atoms with E-state index in [0.29, 0.717) is 18.3 Å². The topological polar surface area (TPSA) is 68.3 Å². The van der Waals surface area contributed by atoms with Crippen LogP contribution in [0.15, 0.2) is 22.6 Å². The minimum absolute atomic E-state index is 0.230. The van der Waals surface area contributed by atoms with Crippen molar-refractivity contribution in [3.05, 3.63) is 34.1 Å². The fourth-order valence-electron chi connectivity index (χ4n) is 1.01. The van der Waals surface area contributed by atoms with E-state index in [0.717, 1.165) is 0 Å². The Kier molecular flexibility index (Phi) is 4.05. The minimum Gasteiger partial charge on any atom is -0.401 e. The molecule has 5 nitrogen and oxygen atoms in total. The summed E-state index contributed by atoms with van der Waals surface area (Å²) in [6.07, 6.45) is 3.57. The van der Waals surface area contributed by atoms with Crippen LogP contribution in [-0.2, 0) is 0 Å². The van der Waals surface area contributed by atoms with Crippen molar-refractivity contribution < 1.29 is 9.34 Å². The van der Waals surface area contributed by atoms with Crippen LogP contribution in [0.5, 0.6) is 0 Å². The van der Waals surface area contributed by atoms with E-state index in [1.54, 1.807) is 12.1 Å². The average molecular weight is 210 g/mol. The van der Waals surface area contributed by atoms with Crippen LogP contribution >= 0.6 is 0 Å². The van der Waals surface area contributed by atoms with Crippen molar-refractivity contribution in [2.24, 2.45) is 0 Å². The number of nitro groups is 1. The Bertz CT molecular complexity index is 355. The van der Waals surface area contributed by atoms with Gasteiger partial charge in [-0.3, -0.25) is 10.1 Å². The normalized spacial score (nSPS) is 11.4. The molecule has 5 heteroatoms. The standard InChI is InChI=1S/C10H14N2O3/c1-8(2)11-7-3-4-9-5-6-10(15-9)12(13)14/h3-6,8,11H,7H2,1-2H3. The van der Waals surface area contributed by atoms with E-state index in [-0.39, 0.29) is 5.88 Å². The van der Waals surface area contributed by atoms with Crippen LogP contribution in [0, 0.1) is 10.1 Å². The van der Waals surface area contributed by atoms with Gasteiger partial charge in [0.05, 0.1) is 6.07 Å². The zero-order chi connectivity index (χ0) is 11.3. The van der Waals surface area contributed by atoms with Crippen molar-refractivity contribution in [3.63, 3.8) is 0 Å². The molecule has 0 aliphatic heterocycles. The molecule has 0 atom stereocenters. The first kappa shape index (κ1) is 11.5. The summed E-state index contributed by atoms with van der Waals surface area (Å²) in [5, 5.41) is 13.5. The molecule has 0 aromatic carbocycles. The van der Waals surface area contributed by atoms with Crippen molar-refractivity contribution in [3.8, 4) is 0 Å². The summed E-state index contributed by atoms with van der Waals surface area (Å²) in [5.74, 6) is 0.263. The molecular weight excluding hydrogens is 196 g/mol. The van der Waals surface area contributed by atoms with Gasteiger partial charge in [-0.2, -0.15) is 0 Å². The number of hydrogen-bond acceptors (Lipinski definition) is 4. The highest BCUT2D eigenvalue weighted by Crippen LogP contribution is 2.16. The molecule has 0 bridgehead atoms. The van der Waals surface area contributed by atoms with E-state index in [9.17, 15) is 10.1 Å². The van der Waals surface area contributed by atoms with Crippen LogP contribution in [0.1, 0.15) is 19.6 Å². The molecule has 1 rings (SSSR count). The Labute approximate surface area is 87.9 Å². The highest BCUT2D eigenvalue weighted by Gasteiger charge is 2.09. The number of nitrogens with one attached hydrogen (secondary N) is 1. The molecule has 0 amide bonds. The van der Waals surface area contributed by atoms with Gasteiger partial charge in [0.15, 0.2) is 0 Å².